The maximum absolute atomic E-state index is 13.6. The highest BCUT2D eigenvalue weighted by Gasteiger charge is 2.39. The number of carbonyl (C=O) groups is 1. The molecule has 9 heteroatoms. The zero-order valence-electron chi connectivity index (χ0n) is 8.81. The number of pyridine rings is 1. The summed E-state index contributed by atoms with van der Waals surface area (Å²) in [7, 11) is 1.32. The van der Waals surface area contributed by atoms with E-state index in [1.807, 2.05) is 0 Å². The Hall–Kier alpha value is -0.920. The van der Waals surface area contributed by atoms with E-state index in [1.54, 1.807) is 0 Å². The number of anilines is 1. The van der Waals surface area contributed by atoms with Gasteiger partial charge in [0.1, 0.15) is 5.25 Å². The number of carbonyl (C=O) groups excluding carboxylic acids is 1. The van der Waals surface area contributed by atoms with E-state index in [0.29, 0.717) is 0 Å². The highest BCUT2D eigenvalue weighted by molar-refractivity contribution is 8.14. The van der Waals surface area contributed by atoms with Crippen molar-refractivity contribution < 1.29 is 17.6 Å². The van der Waals surface area contributed by atoms with Crippen LogP contribution in [0.25, 0.3) is 0 Å². The Morgan fingerprint density at radius 1 is 1.50 bits per heavy atom. The largest absolute Gasteiger partial charge is 0.293 e. The number of hydrogen-bond acceptors (Lipinski definition) is 4. The summed E-state index contributed by atoms with van der Waals surface area (Å²) >= 11 is 5.54. The zero-order valence-corrected chi connectivity index (χ0v) is 11.1. The van der Waals surface area contributed by atoms with Crippen LogP contribution in [0.1, 0.15) is 6.42 Å². The summed E-state index contributed by atoms with van der Waals surface area (Å²) < 4.78 is 35.9. The second-order valence-corrected chi connectivity index (χ2v) is 7.11. The third-order valence-electron chi connectivity index (χ3n) is 2.53. The predicted octanol–water partition coefficient (Wildman–Crippen LogP) is 1.55. The molecule has 1 aromatic rings. The van der Waals surface area contributed by atoms with Crippen LogP contribution in [0.4, 0.5) is 10.2 Å². The number of nitrogens with zero attached hydrogens (tertiary/aromatic N) is 2. The smallest absolute Gasteiger partial charge is 0.237 e. The van der Waals surface area contributed by atoms with Crippen molar-refractivity contribution in [3.05, 3.63) is 23.1 Å². The number of rotatable bonds is 2. The minimum absolute atomic E-state index is 0.0874. The van der Waals surface area contributed by atoms with E-state index in [2.05, 4.69) is 4.98 Å². The van der Waals surface area contributed by atoms with Crippen LogP contribution in [0.15, 0.2) is 12.3 Å². The number of amides is 1. The van der Waals surface area contributed by atoms with Gasteiger partial charge in [0.05, 0.1) is 5.02 Å². The molecule has 1 amide bonds. The Morgan fingerprint density at radius 3 is 2.67 bits per heavy atom. The van der Waals surface area contributed by atoms with Gasteiger partial charge in [-0.15, -0.1) is 0 Å². The molecule has 1 aromatic heterocycles. The maximum atomic E-state index is 13.6. The summed E-state index contributed by atoms with van der Waals surface area (Å²) in [5.41, 5.74) is 0. The molecule has 0 aliphatic carbocycles. The summed E-state index contributed by atoms with van der Waals surface area (Å²) in [5, 5.41) is -0.965. The Labute approximate surface area is 112 Å². The van der Waals surface area contributed by atoms with Gasteiger partial charge in [-0.1, -0.05) is 11.6 Å². The van der Waals surface area contributed by atoms with Gasteiger partial charge in [0.25, 0.3) is 0 Å². The van der Waals surface area contributed by atoms with Crippen LogP contribution in [0, 0.1) is 5.82 Å². The van der Waals surface area contributed by atoms with Crippen molar-refractivity contribution in [2.24, 2.45) is 0 Å². The summed E-state index contributed by atoms with van der Waals surface area (Å²) in [6, 6.07) is 1.000. The summed E-state index contributed by atoms with van der Waals surface area (Å²) in [5.74, 6) is -1.58. The minimum atomic E-state index is -3.86. The van der Waals surface area contributed by atoms with Crippen molar-refractivity contribution in [2.45, 2.75) is 11.7 Å². The molecule has 0 radical (unpaired) electrons. The molecule has 5 nitrogen and oxygen atoms in total. The molecule has 0 saturated carbocycles. The molecule has 0 spiro atoms. The molecule has 0 N–H and O–H groups in total. The summed E-state index contributed by atoms with van der Waals surface area (Å²) in [4.78, 5) is 16.3. The van der Waals surface area contributed by atoms with E-state index in [-0.39, 0.29) is 23.8 Å². The van der Waals surface area contributed by atoms with Crippen LogP contribution >= 0.6 is 22.3 Å². The Bertz CT molecular complexity index is 608. The Kier molecular flexibility index (Phi) is 3.48. The molecule has 2 rings (SSSR count). The predicted molar refractivity (Wildman–Crippen MR) is 64.7 cm³/mol. The Balaban J connectivity index is 2.33. The highest BCUT2D eigenvalue weighted by Crippen LogP contribution is 2.28. The SMILES string of the molecule is O=C1CC(S(=O)(=O)Cl)CN1c1ncc(Cl)cc1F. The summed E-state index contributed by atoms with van der Waals surface area (Å²) in [6.45, 7) is -0.212. The first-order chi connectivity index (χ1) is 8.29. The first kappa shape index (κ1) is 13.5. The molecule has 1 aliphatic heterocycles. The summed E-state index contributed by atoms with van der Waals surface area (Å²) in [6.07, 6.45) is 0.894. The van der Waals surface area contributed by atoms with Crippen molar-refractivity contribution in [2.75, 3.05) is 11.4 Å². The third-order valence-corrected chi connectivity index (χ3v) is 4.61. The second-order valence-electron chi connectivity index (χ2n) is 3.77. The van der Waals surface area contributed by atoms with Crippen molar-refractivity contribution in [3.8, 4) is 0 Å². The van der Waals surface area contributed by atoms with Gasteiger partial charge in [-0.25, -0.2) is 17.8 Å². The maximum Gasteiger partial charge on any atom is 0.237 e. The van der Waals surface area contributed by atoms with Gasteiger partial charge in [0.2, 0.25) is 15.0 Å². The molecule has 0 bridgehead atoms. The quantitative estimate of drug-likeness (QED) is 0.777. The van der Waals surface area contributed by atoms with Gasteiger partial charge in [-0.2, -0.15) is 0 Å². The first-order valence-corrected chi connectivity index (χ1v) is 7.59. The molecular weight excluding hydrogens is 306 g/mol. The van der Waals surface area contributed by atoms with Gasteiger partial charge in [-0.3, -0.25) is 9.69 Å². The fraction of sp³-hybridized carbons (Fsp3) is 0.333. The third kappa shape index (κ3) is 2.57. The van der Waals surface area contributed by atoms with Crippen molar-refractivity contribution >= 4 is 43.1 Å². The van der Waals surface area contributed by atoms with E-state index in [1.165, 1.54) is 6.20 Å². The molecule has 1 saturated heterocycles. The number of hydrogen-bond donors (Lipinski definition) is 0. The number of aromatic nitrogens is 1. The molecule has 1 atom stereocenters. The van der Waals surface area contributed by atoms with E-state index >= 15 is 0 Å². The lowest BCUT2D eigenvalue weighted by Crippen LogP contribution is -2.28. The monoisotopic (exact) mass is 312 g/mol. The van der Waals surface area contributed by atoms with Crippen LogP contribution in [0.5, 0.6) is 0 Å². The van der Waals surface area contributed by atoms with Crippen molar-refractivity contribution in [1.29, 1.82) is 0 Å². The van der Waals surface area contributed by atoms with E-state index in [0.717, 1.165) is 11.0 Å². The second kappa shape index (κ2) is 4.64. The molecule has 18 heavy (non-hydrogen) atoms. The fourth-order valence-electron chi connectivity index (χ4n) is 1.67. The average Bonchev–Trinajstić information content (AvgIpc) is 2.60. The molecule has 1 aliphatic rings. The lowest BCUT2D eigenvalue weighted by molar-refractivity contribution is -0.117. The molecule has 0 aromatic carbocycles. The van der Waals surface area contributed by atoms with Gasteiger partial charge >= 0.3 is 0 Å². The van der Waals surface area contributed by atoms with Crippen molar-refractivity contribution in [1.82, 2.24) is 4.98 Å². The standard InChI is InChI=1S/C9H7Cl2FN2O3S/c10-5-1-7(12)9(13-3-5)14-4-6(2-8(14)15)18(11,16)17/h1,3,6H,2,4H2. The zero-order chi connectivity index (χ0) is 13.5. The van der Waals surface area contributed by atoms with E-state index in [9.17, 15) is 17.6 Å². The molecule has 98 valence electrons. The van der Waals surface area contributed by atoms with Gasteiger partial charge < -0.3 is 0 Å². The normalized spacial score (nSPS) is 20.5. The van der Waals surface area contributed by atoms with Gasteiger partial charge in [0.15, 0.2) is 11.6 Å². The number of halogens is 3. The van der Waals surface area contributed by atoms with Crippen LogP contribution in [-0.4, -0.2) is 31.1 Å². The topological polar surface area (TPSA) is 67.3 Å². The molecule has 1 unspecified atom stereocenters. The average molecular weight is 313 g/mol. The molecule has 1 fully saturated rings. The van der Waals surface area contributed by atoms with Crippen LogP contribution < -0.4 is 4.90 Å². The van der Waals surface area contributed by atoms with Crippen LogP contribution in [-0.2, 0) is 13.8 Å². The first-order valence-electron chi connectivity index (χ1n) is 4.84. The van der Waals surface area contributed by atoms with Crippen molar-refractivity contribution in [3.63, 3.8) is 0 Å². The lowest BCUT2D eigenvalue weighted by Gasteiger charge is -2.15. The van der Waals surface area contributed by atoms with Crippen LogP contribution in [0.3, 0.4) is 0 Å². The minimum Gasteiger partial charge on any atom is -0.293 e. The van der Waals surface area contributed by atoms with Crippen LogP contribution in [0.2, 0.25) is 5.02 Å². The van der Waals surface area contributed by atoms with Gasteiger partial charge in [-0.05, 0) is 6.07 Å². The lowest BCUT2D eigenvalue weighted by atomic mass is 10.4. The fourth-order valence-corrected chi connectivity index (χ4v) is 2.85. The molecule has 2 heterocycles. The highest BCUT2D eigenvalue weighted by atomic mass is 35.7. The Morgan fingerprint density at radius 2 is 2.17 bits per heavy atom. The van der Waals surface area contributed by atoms with E-state index < -0.39 is 26.0 Å². The van der Waals surface area contributed by atoms with E-state index in [4.69, 9.17) is 22.3 Å². The van der Waals surface area contributed by atoms with Gasteiger partial charge in [0, 0.05) is 29.8 Å². The molecular formula is C9H7Cl2FN2O3S.